The summed E-state index contributed by atoms with van der Waals surface area (Å²) < 4.78 is 6.00. The first kappa shape index (κ1) is 36.8. The Hall–Kier alpha value is -5.52. The van der Waals surface area contributed by atoms with Gasteiger partial charge in [0.05, 0.1) is 19.2 Å². The molecule has 0 N–H and O–H groups in total. The van der Waals surface area contributed by atoms with E-state index in [1.165, 1.54) is 27.4 Å². The van der Waals surface area contributed by atoms with Crippen molar-refractivity contribution in [1.82, 2.24) is 15.0 Å². The van der Waals surface area contributed by atoms with Gasteiger partial charge >= 0.3 is 0 Å². The Balaban J connectivity index is 0.000000170. The average Bonchev–Trinajstić information content (AvgIpc) is 3.56. The van der Waals surface area contributed by atoms with Gasteiger partial charge in [-0.25, -0.2) is 0 Å². The van der Waals surface area contributed by atoms with Crippen molar-refractivity contribution in [2.75, 3.05) is 0 Å². The molecular formula is C48H39IrN3OSi-2. The van der Waals surface area contributed by atoms with Gasteiger partial charge in [-0.3, -0.25) is 4.98 Å². The van der Waals surface area contributed by atoms with Crippen LogP contribution in [0.1, 0.15) is 16.8 Å². The Bertz CT molecular complexity index is 2690. The summed E-state index contributed by atoms with van der Waals surface area (Å²) in [6.45, 7) is 9.19. The first-order valence-corrected chi connectivity index (χ1v) is 21.5. The van der Waals surface area contributed by atoms with Gasteiger partial charge in [-0.15, -0.1) is 59.2 Å². The first-order chi connectivity index (χ1) is 25.8. The van der Waals surface area contributed by atoms with Gasteiger partial charge in [0.15, 0.2) is 0 Å². The fourth-order valence-corrected chi connectivity index (χ4v) is 8.11. The maximum absolute atomic E-state index is 6.00. The van der Waals surface area contributed by atoms with Crippen LogP contribution in [0.4, 0.5) is 0 Å². The van der Waals surface area contributed by atoms with Gasteiger partial charge in [0.1, 0.15) is 5.58 Å². The number of hydrogen-bond donors (Lipinski definition) is 0. The molecule has 4 nitrogen and oxygen atoms in total. The van der Waals surface area contributed by atoms with E-state index in [4.69, 9.17) is 14.4 Å². The van der Waals surface area contributed by atoms with Gasteiger partial charge in [-0.2, -0.15) is 0 Å². The Morgan fingerprint density at radius 1 is 0.630 bits per heavy atom. The maximum Gasteiger partial charge on any atom is 0.139 e. The molecule has 0 spiro atoms. The smallest absolute Gasteiger partial charge is 0.139 e. The van der Waals surface area contributed by atoms with E-state index in [1.807, 2.05) is 48.7 Å². The van der Waals surface area contributed by atoms with Crippen molar-refractivity contribution in [2.24, 2.45) is 0 Å². The fourth-order valence-electron chi connectivity index (χ4n) is 6.63. The second-order valence-corrected chi connectivity index (χ2v) is 19.5. The van der Waals surface area contributed by atoms with Crippen molar-refractivity contribution in [1.29, 1.82) is 0 Å². The van der Waals surface area contributed by atoms with Crippen molar-refractivity contribution in [3.8, 4) is 33.6 Å². The number of aryl methyl sites for hydroxylation is 1. The van der Waals surface area contributed by atoms with E-state index in [0.29, 0.717) is 0 Å². The number of rotatable bonds is 6. The molecule has 4 aromatic heterocycles. The molecule has 0 aliphatic carbocycles. The summed E-state index contributed by atoms with van der Waals surface area (Å²) in [4.78, 5) is 14.3. The molecule has 5 aromatic carbocycles. The van der Waals surface area contributed by atoms with Gasteiger partial charge in [0.2, 0.25) is 0 Å². The number of aromatic nitrogens is 3. The predicted molar refractivity (Wildman–Crippen MR) is 222 cm³/mol. The van der Waals surface area contributed by atoms with Gasteiger partial charge < -0.3 is 14.4 Å². The molecule has 0 aliphatic rings. The maximum atomic E-state index is 6.00. The van der Waals surface area contributed by atoms with E-state index >= 15 is 0 Å². The largest absolute Gasteiger partial charge is 0.499 e. The molecule has 0 atom stereocenters. The Labute approximate surface area is 331 Å². The van der Waals surface area contributed by atoms with Crippen LogP contribution in [0.3, 0.4) is 0 Å². The fraction of sp³-hybridized carbons (Fsp3) is 0.104. The summed E-state index contributed by atoms with van der Waals surface area (Å²) in [5.41, 5.74) is 12.4. The number of pyridine rings is 3. The van der Waals surface area contributed by atoms with Crippen molar-refractivity contribution in [3.63, 3.8) is 0 Å². The van der Waals surface area contributed by atoms with Crippen LogP contribution < -0.4 is 5.19 Å². The van der Waals surface area contributed by atoms with Crippen LogP contribution in [0.2, 0.25) is 19.6 Å². The van der Waals surface area contributed by atoms with E-state index in [9.17, 15) is 0 Å². The first-order valence-electron chi connectivity index (χ1n) is 18.0. The molecule has 54 heavy (non-hydrogen) atoms. The van der Waals surface area contributed by atoms with Gasteiger partial charge in [0, 0.05) is 44.6 Å². The van der Waals surface area contributed by atoms with Gasteiger partial charge in [-0.1, -0.05) is 124 Å². The minimum Gasteiger partial charge on any atom is -0.499 e. The van der Waals surface area contributed by atoms with Crippen LogP contribution in [0.25, 0.3) is 66.5 Å². The van der Waals surface area contributed by atoms with Gasteiger partial charge in [-0.05, 0) is 61.6 Å². The molecule has 0 bridgehead atoms. The van der Waals surface area contributed by atoms with E-state index < -0.39 is 8.07 Å². The topological polar surface area (TPSA) is 51.8 Å². The van der Waals surface area contributed by atoms with E-state index in [-0.39, 0.29) is 20.1 Å². The molecule has 9 rings (SSSR count). The summed E-state index contributed by atoms with van der Waals surface area (Å²) >= 11 is 0. The summed E-state index contributed by atoms with van der Waals surface area (Å²) in [5.74, 6) is 0. The number of furan rings is 1. The molecule has 9 aromatic rings. The predicted octanol–water partition coefficient (Wildman–Crippen LogP) is 11.7. The zero-order valence-corrected chi connectivity index (χ0v) is 34.1. The Kier molecular flexibility index (Phi) is 10.8. The van der Waals surface area contributed by atoms with Crippen LogP contribution in [-0.2, 0) is 26.5 Å². The molecule has 0 unspecified atom stereocenters. The molecule has 0 aliphatic heterocycles. The normalized spacial score (nSPS) is 11.3. The average molecular weight is 894 g/mol. The van der Waals surface area contributed by atoms with Crippen LogP contribution in [0, 0.1) is 19.1 Å². The molecule has 0 saturated heterocycles. The third-order valence-corrected chi connectivity index (χ3v) is 11.5. The Morgan fingerprint density at radius 3 is 2.06 bits per heavy atom. The quantitative estimate of drug-likeness (QED) is 0.123. The van der Waals surface area contributed by atoms with Crippen LogP contribution >= 0.6 is 0 Å². The van der Waals surface area contributed by atoms with Gasteiger partial charge in [0.25, 0.3) is 0 Å². The monoisotopic (exact) mass is 894 g/mol. The van der Waals surface area contributed by atoms with Crippen LogP contribution in [-0.4, -0.2) is 23.0 Å². The molecule has 6 heteroatoms. The summed E-state index contributed by atoms with van der Waals surface area (Å²) in [7, 11) is -1.47. The third kappa shape index (κ3) is 8.02. The zero-order chi connectivity index (χ0) is 36.4. The van der Waals surface area contributed by atoms with Crippen molar-refractivity contribution >= 4 is 46.1 Å². The summed E-state index contributed by atoms with van der Waals surface area (Å²) in [6, 6.07) is 54.5. The summed E-state index contributed by atoms with van der Waals surface area (Å²) in [6.07, 6.45) is 4.78. The van der Waals surface area contributed by atoms with Crippen molar-refractivity contribution in [2.45, 2.75) is 33.0 Å². The van der Waals surface area contributed by atoms with E-state index in [1.54, 1.807) is 0 Å². The zero-order valence-electron chi connectivity index (χ0n) is 30.7. The number of nitrogens with zero attached hydrogens (tertiary/aromatic N) is 3. The number of benzene rings is 5. The molecule has 0 amide bonds. The second kappa shape index (κ2) is 15.8. The van der Waals surface area contributed by atoms with Crippen LogP contribution in [0.15, 0.2) is 156 Å². The minimum atomic E-state index is -1.47. The molecule has 4 heterocycles. The van der Waals surface area contributed by atoms with E-state index in [2.05, 4.69) is 147 Å². The SMILES string of the molecule is Cc1c[c-]c(-c2cc(-c3ccccc3)c([Si](C)(C)C)cn2)cc1.[Ir].[c-]1cc2oc3ccc(Cc4ccccc4)nc3c2cc1-c1cc2ccccc2cn1. The second-order valence-electron chi connectivity index (χ2n) is 14.5. The molecule has 0 fully saturated rings. The third-order valence-electron chi connectivity index (χ3n) is 9.48. The van der Waals surface area contributed by atoms with Crippen molar-refractivity contribution < 1.29 is 24.5 Å². The number of fused-ring (bicyclic) bond motifs is 4. The standard InChI is InChI=1S/C27H17N2O.C21H22NSi.Ir/c1-2-6-18(7-3-1)14-22-11-13-26-27(29-22)23-15-20(10-12-25(23)30-26)24-16-19-8-4-5-9-21(19)17-28-24;1-16-10-12-18(13-11-16)20-14-19(17-8-6-5-7-9-17)21(15-22-20)23(2,3)4;/h1-9,11-13,15-17H,14H2;5-12,14-15H,1-4H3;/q2*-1;. The molecule has 1 radical (unpaired) electrons. The minimum absolute atomic E-state index is 0. The summed E-state index contributed by atoms with van der Waals surface area (Å²) in [5, 5.41) is 4.68. The Morgan fingerprint density at radius 2 is 1.31 bits per heavy atom. The molecule has 0 saturated carbocycles. The van der Waals surface area contributed by atoms with Crippen LogP contribution in [0.5, 0.6) is 0 Å². The number of hydrogen-bond acceptors (Lipinski definition) is 4. The molecule has 267 valence electrons. The van der Waals surface area contributed by atoms with Crippen molar-refractivity contribution in [3.05, 3.63) is 181 Å². The van der Waals surface area contributed by atoms with E-state index in [0.717, 1.165) is 67.5 Å². The molecular weight excluding hydrogens is 855 g/mol.